The van der Waals surface area contributed by atoms with Gasteiger partial charge < -0.3 is 0 Å². The Kier molecular flexibility index (Phi) is 5.74. The molecule has 0 amide bonds. The van der Waals surface area contributed by atoms with Crippen LogP contribution in [0.25, 0.3) is 97.8 Å². The number of fused-ring (bicyclic) bond motifs is 5. The van der Waals surface area contributed by atoms with Crippen LogP contribution in [0.2, 0.25) is 0 Å². The smallest absolute Gasteiger partial charge is 0.164 e. The molecule has 0 atom stereocenters. The molecule has 0 bridgehead atoms. The van der Waals surface area contributed by atoms with Crippen molar-refractivity contribution in [2.75, 3.05) is 0 Å². The summed E-state index contributed by atoms with van der Waals surface area (Å²) >= 11 is 1.91. The third kappa shape index (κ3) is 4.09. The van der Waals surface area contributed by atoms with E-state index in [9.17, 15) is 0 Å². The molecule has 0 unspecified atom stereocenters. The van der Waals surface area contributed by atoms with Crippen LogP contribution < -0.4 is 0 Å². The lowest BCUT2D eigenvalue weighted by Gasteiger charge is -2.13. The fourth-order valence-electron chi connectivity index (χ4n) is 7.09. The predicted octanol–water partition coefficient (Wildman–Crippen LogP) is 11.8. The van der Waals surface area contributed by atoms with Crippen LogP contribution in [0, 0.1) is 0 Å². The molecule has 2 heterocycles. The standard InChI is InChI=1S/C43H25N3S/c1-3-12-26(13-4-1)41-44-42(27-14-5-2-6-15-27)46-43(45-41)30-18-11-17-28(24-30)32-22-23-35-33-20-9-10-21-34(33)36-25-29-16-7-8-19-31(29)39-38(36)37(35)40(32)47-39/h1-25H. The Morgan fingerprint density at radius 3 is 1.57 bits per heavy atom. The molecule has 0 saturated heterocycles. The summed E-state index contributed by atoms with van der Waals surface area (Å²) in [5.74, 6) is 1.99. The molecule has 0 aliphatic carbocycles. The third-order valence-electron chi connectivity index (χ3n) is 9.25. The first kappa shape index (κ1) is 26.3. The molecule has 2 aromatic heterocycles. The molecule has 47 heavy (non-hydrogen) atoms. The minimum Gasteiger partial charge on any atom is -0.208 e. The molecule has 0 aliphatic rings. The first-order chi connectivity index (χ1) is 23.3. The van der Waals surface area contributed by atoms with Gasteiger partial charge in [0.25, 0.3) is 0 Å². The topological polar surface area (TPSA) is 38.7 Å². The largest absolute Gasteiger partial charge is 0.208 e. The first-order valence-corrected chi connectivity index (χ1v) is 16.6. The Morgan fingerprint density at radius 1 is 0.340 bits per heavy atom. The average Bonchev–Trinajstić information content (AvgIpc) is 3.56. The summed E-state index contributed by atoms with van der Waals surface area (Å²) in [6, 6.07) is 53.6. The second-order valence-electron chi connectivity index (χ2n) is 12.0. The Hall–Kier alpha value is -5.97. The molecule has 0 fully saturated rings. The van der Waals surface area contributed by atoms with E-state index in [1.807, 2.05) is 72.0 Å². The molecule has 0 radical (unpaired) electrons. The van der Waals surface area contributed by atoms with Crippen LogP contribution >= 0.6 is 11.3 Å². The van der Waals surface area contributed by atoms with Crippen LogP contribution in [0.1, 0.15) is 0 Å². The van der Waals surface area contributed by atoms with Crippen molar-refractivity contribution >= 4 is 63.8 Å². The highest BCUT2D eigenvalue weighted by molar-refractivity contribution is 7.27. The van der Waals surface area contributed by atoms with Crippen molar-refractivity contribution in [3.8, 4) is 45.3 Å². The zero-order valence-electron chi connectivity index (χ0n) is 25.2. The van der Waals surface area contributed by atoms with Crippen molar-refractivity contribution in [1.82, 2.24) is 15.0 Å². The summed E-state index contributed by atoms with van der Waals surface area (Å²) in [6.07, 6.45) is 0. The third-order valence-corrected chi connectivity index (χ3v) is 10.5. The highest BCUT2D eigenvalue weighted by Crippen LogP contribution is 2.50. The predicted molar refractivity (Wildman–Crippen MR) is 198 cm³/mol. The van der Waals surface area contributed by atoms with E-state index in [1.165, 1.54) is 58.1 Å². The average molecular weight is 616 g/mol. The molecule has 4 heteroatoms. The maximum Gasteiger partial charge on any atom is 0.164 e. The van der Waals surface area contributed by atoms with Crippen molar-refractivity contribution < 1.29 is 0 Å². The summed E-state index contributed by atoms with van der Waals surface area (Å²) in [4.78, 5) is 14.9. The van der Waals surface area contributed by atoms with Crippen molar-refractivity contribution in [2.24, 2.45) is 0 Å². The molecule has 218 valence electrons. The number of hydrogen-bond acceptors (Lipinski definition) is 4. The molecule has 0 aliphatic heterocycles. The number of rotatable bonds is 4. The van der Waals surface area contributed by atoms with Gasteiger partial charge in [0, 0.05) is 36.9 Å². The van der Waals surface area contributed by atoms with Crippen LogP contribution in [0.3, 0.4) is 0 Å². The molecular weight excluding hydrogens is 591 g/mol. The lowest BCUT2D eigenvalue weighted by Crippen LogP contribution is -2.00. The SMILES string of the molecule is c1ccc(-c2nc(-c3ccccc3)nc(-c3cccc(-c4ccc5c6ccccc6c6cc7ccccc7c7sc4c5c67)c3)n2)cc1. The van der Waals surface area contributed by atoms with Gasteiger partial charge in [0.05, 0.1) is 0 Å². The van der Waals surface area contributed by atoms with Gasteiger partial charge in [-0.2, -0.15) is 0 Å². The summed E-state index contributed by atoms with van der Waals surface area (Å²) < 4.78 is 2.66. The second-order valence-corrected chi connectivity index (χ2v) is 13.0. The van der Waals surface area contributed by atoms with Gasteiger partial charge in [-0.3, -0.25) is 0 Å². The molecule has 3 nitrogen and oxygen atoms in total. The van der Waals surface area contributed by atoms with E-state index in [0.717, 1.165) is 22.3 Å². The van der Waals surface area contributed by atoms with E-state index in [1.54, 1.807) is 0 Å². The van der Waals surface area contributed by atoms with Gasteiger partial charge in [0.1, 0.15) is 0 Å². The molecular formula is C43H25N3S. The Bertz CT molecular complexity index is 2730. The Morgan fingerprint density at radius 2 is 0.872 bits per heavy atom. The Balaban J connectivity index is 1.22. The minimum absolute atomic E-state index is 0.659. The van der Waals surface area contributed by atoms with Crippen LogP contribution in [0.4, 0.5) is 0 Å². The van der Waals surface area contributed by atoms with Crippen molar-refractivity contribution in [1.29, 1.82) is 0 Å². The molecule has 10 aromatic rings. The van der Waals surface area contributed by atoms with Gasteiger partial charge in [-0.25, -0.2) is 15.0 Å². The number of nitrogens with zero attached hydrogens (tertiary/aromatic N) is 3. The van der Waals surface area contributed by atoms with Gasteiger partial charge in [0.2, 0.25) is 0 Å². The number of hydrogen-bond donors (Lipinski definition) is 0. The lowest BCUT2D eigenvalue weighted by atomic mass is 9.90. The Labute approximate surface area is 274 Å². The zero-order chi connectivity index (χ0) is 30.9. The highest BCUT2D eigenvalue weighted by Gasteiger charge is 2.21. The van der Waals surface area contributed by atoms with Crippen LogP contribution in [0.15, 0.2) is 152 Å². The first-order valence-electron chi connectivity index (χ1n) is 15.8. The summed E-state index contributed by atoms with van der Waals surface area (Å²) in [5.41, 5.74) is 5.26. The van der Waals surface area contributed by atoms with Gasteiger partial charge in [-0.1, -0.05) is 140 Å². The van der Waals surface area contributed by atoms with E-state index in [4.69, 9.17) is 15.0 Å². The quantitative estimate of drug-likeness (QED) is 0.146. The van der Waals surface area contributed by atoms with E-state index in [-0.39, 0.29) is 0 Å². The fourth-order valence-corrected chi connectivity index (χ4v) is 8.51. The van der Waals surface area contributed by atoms with Gasteiger partial charge in [0.15, 0.2) is 17.5 Å². The lowest BCUT2D eigenvalue weighted by molar-refractivity contribution is 1.07. The van der Waals surface area contributed by atoms with Crippen LogP contribution in [0.5, 0.6) is 0 Å². The van der Waals surface area contributed by atoms with Gasteiger partial charge in [-0.05, 0) is 55.6 Å². The van der Waals surface area contributed by atoms with Crippen LogP contribution in [-0.4, -0.2) is 15.0 Å². The summed E-state index contributed by atoms with van der Waals surface area (Å²) in [7, 11) is 0. The normalized spacial score (nSPS) is 11.8. The number of aromatic nitrogens is 3. The van der Waals surface area contributed by atoms with Gasteiger partial charge in [-0.15, -0.1) is 11.3 Å². The van der Waals surface area contributed by atoms with Crippen molar-refractivity contribution in [2.45, 2.75) is 0 Å². The van der Waals surface area contributed by atoms with E-state index >= 15 is 0 Å². The molecule has 8 aromatic carbocycles. The maximum atomic E-state index is 5.01. The fraction of sp³-hybridized carbons (Fsp3) is 0. The monoisotopic (exact) mass is 615 g/mol. The van der Waals surface area contributed by atoms with Crippen molar-refractivity contribution in [3.63, 3.8) is 0 Å². The van der Waals surface area contributed by atoms with E-state index < -0.39 is 0 Å². The van der Waals surface area contributed by atoms with E-state index in [0.29, 0.717) is 17.5 Å². The van der Waals surface area contributed by atoms with Crippen molar-refractivity contribution in [3.05, 3.63) is 152 Å². The highest BCUT2D eigenvalue weighted by atomic mass is 32.1. The molecule has 0 spiro atoms. The molecule has 0 saturated carbocycles. The maximum absolute atomic E-state index is 5.01. The van der Waals surface area contributed by atoms with E-state index in [2.05, 4.69) is 91.0 Å². The zero-order valence-corrected chi connectivity index (χ0v) is 26.0. The van der Waals surface area contributed by atoms with Crippen LogP contribution in [-0.2, 0) is 0 Å². The second kappa shape index (κ2) is 10.3. The number of benzene rings is 8. The number of thiophene rings is 1. The summed E-state index contributed by atoms with van der Waals surface area (Å²) in [5, 5.41) is 10.5. The minimum atomic E-state index is 0.659. The molecule has 0 N–H and O–H groups in total. The molecule has 10 rings (SSSR count). The summed E-state index contributed by atoms with van der Waals surface area (Å²) in [6.45, 7) is 0. The van der Waals surface area contributed by atoms with Gasteiger partial charge >= 0.3 is 0 Å².